The summed E-state index contributed by atoms with van der Waals surface area (Å²) in [7, 11) is 0. The number of benzene rings is 3. The number of alkyl halides is 5. The quantitative estimate of drug-likeness (QED) is 0.0486. The zero-order chi connectivity index (χ0) is 38.3. The second kappa shape index (κ2) is 16.4. The molecule has 0 aliphatic rings. The average molecular weight is 746 g/mol. The van der Waals surface area contributed by atoms with Crippen LogP contribution in [0.3, 0.4) is 0 Å². The highest BCUT2D eigenvalue weighted by Crippen LogP contribution is 2.44. The Kier molecular flexibility index (Phi) is 11.9. The lowest BCUT2D eigenvalue weighted by Gasteiger charge is -2.18. The van der Waals surface area contributed by atoms with Gasteiger partial charge in [-0.2, -0.15) is 22.0 Å². The van der Waals surface area contributed by atoms with Crippen LogP contribution in [0.5, 0.6) is 0 Å². The molecule has 0 radical (unpaired) electrons. The maximum atomic E-state index is 14.3. The third-order valence-electron chi connectivity index (χ3n) is 7.92. The van der Waals surface area contributed by atoms with Crippen LogP contribution in [-0.2, 0) is 46.4 Å². The molecule has 53 heavy (non-hydrogen) atoms. The first kappa shape index (κ1) is 38.6. The number of imidazole rings is 1. The minimum atomic E-state index is -5.93. The molecule has 19 heteroatoms. The van der Waals surface area contributed by atoms with Crippen molar-refractivity contribution >= 4 is 12.4 Å². The number of rotatable bonds is 15. The number of nitrogens with zero attached hydrogens (tertiary/aromatic N) is 7. The fraction of sp³-hybridized carbons (Fsp3) is 0.294. The average Bonchev–Trinajstić information content (AvgIpc) is 3.76. The van der Waals surface area contributed by atoms with Gasteiger partial charge in [-0.25, -0.2) is 14.6 Å². The Hall–Kier alpha value is -5.63. The molecule has 2 aromatic heterocycles. The van der Waals surface area contributed by atoms with Crippen LogP contribution in [0, 0.1) is 0 Å². The van der Waals surface area contributed by atoms with E-state index >= 15 is 0 Å². The first-order valence-electron chi connectivity index (χ1n) is 15.9. The van der Waals surface area contributed by atoms with Crippen LogP contribution in [0.15, 0.2) is 72.8 Å². The zero-order valence-corrected chi connectivity index (χ0v) is 28.1. The third kappa shape index (κ3) is 8.88. The lowest BCUT2D eigenvalue weighted by Crippen LogP contribution is -2.35. The van der Waals surface area contributed by atoms with Crippen LogP contribution in [0.2, 0.25) is 0 Å². The molecule has 0 saturated heterocycles. The second-order valence-corrected chi connectivity index (χ2v) is 11.5. The number of carbonyl (C=O) groups excluding carboxylic acids is 2. The maximum absolute atomic E-state index is 14.3. The van der Waals surface area contributed by atoms with Gasteiger partial charge in [0.25, 0.3) is 0 Å². The van der Waals surface area contributed by atoms with Crippen molar-refractivity contribution in [3.8, 4) is 22.5 Å². The standard InChI is InChI=1S/C34H32F5N7O7/c1-3-8-29-40-30(33(35,36)34(37,38)39)28(18-47)44(29)17-22-13-15-23(16-14-22)26-11-6-7-12-27(26)31-41-43-45(42-31)21(2)53-32(48)51-19-24-9-4-5-10-25(24)20-52-46(49)50/h4-7,9-16,18,21,49-50H,3,8,17,19-20H2,1-2H3. The van der Waals surface area contributed by atoms with E-state index in [2.05, 4.69) is 25.2 Å². The Labute approximate surface area is 297 Å². The van der Waals surface area contributed by atoms with E-state index in [-0.39, 0.29) is 44.1 Å². The molecule has 5 rings (SSSR count). The third-order valence-corrected chi connectivity index (χ3v) is 7.92. The van der Waals surface area contributed by atoms with E-state index < -0.39 is 41.3 Å². The lowest BCUT2D eigenvalue weighted by atomic mass is 9.98. The maximum Gasteiger partial charge on any atom is 0.510 e. The van der Waals surface area contributed by atoms with E-state index in [1.54, 1.807) is 79.7 Å². The number of halogens is 5. The van der Waals surface area contributed by atoms with Crippen molar-refractivity contribution in [2.75, 3.05) is 0 Å². The van der Waals surface area contributed by atoms with Gasteiger partial charge in [0.15, 0.2) is 6.29 Å². The highest BCUT2D eigenvalue weighted by molar-refractivity contribution is 5.80. The summed E-state index contributed by atoms with van der Waals surface area (Å²) in [5.41, 5.74) is 0.962. The SMILES string of the molecule is CCCc1nc(C(F)(F)C(F)(F)F)c(C=O)n1Cc1ccc(-c2ccccc2-c2nnn(C(C)OC(=O)OCc3ccccc3CON(O)O)n2)cc1. The summed E-state index contributed by atoms with van der Waals surface area (Å²) < 4.78 is 79.8. The number of ether oxygens (including phenoxy) is 2. The molecule has 3 aromatic carbocycles. The molecule has 0 aliphatic carbocycles. The molecule has 5 aromatic rings. The molecule has 0 aliphatic heterocycles. The molecular formula is C34H32F5N7O7. The molecule has 0 amide bonds. The number of tetrazole rings is 1. The molecule has 0 fully saturated rings. The Morgan fingerprint density at radius 2 is 1.58 bits per heavy atom. The molecule has 1 atom stereocenters. The molecule has 0 bridgehead atoms. The van der Waals surface area contributed by atoms with Gasteiger partial charge in [-0.15, -0.1) is 15.0 Å². The minimum absolute atomic E-state index is 0.0374. The van der Waals surface area contributed by atoms with Crippen molar-refractivity contribution in [2.45, 2.75) is 64.8 Å². The number of carbonyl (C=O) groups is 2. The first-order chi connectivity index (χ1) is 25.2. The van der Waals surface area contributed by atoms with Crippen LogP contribution in [0.1, 0.15) is 65.2 Å². The normalized spacial score (nSPS) is 12.6. The molecule has 0 spiro atoms. The van der Waals surface area contributed by atoms with Gasteiger partial charge in [-0.3, -0.25) is 15.2 Å². The number of aryl methyl sites for hydroxylation is 1. The minimum Gasteiger partial charge on any atom is -0.429 e. The van der Waals surface area contributed by atoms with Crippen LogP contribution in [0.4, 0.5) is 26.7 Å². The predicted octanol–water partition coefficient (Wildman–Crippen LogP) is 7.05. The molecular weight excluding hydrogens is 713 g/mol. The molecule has 2 N–H and O–H groups in total. The van der Waals surface area contributed by atoms with E-state index in [4.69, 9.17) is 19.9 Å². The fourth-order valence-electron chi connectivity index (χ4n) is 5.30. The summed E-state index contributed by atoms with van der Waals surface area (Å²) in [5, 5.41) is 29.6. The van der Waals surface area contributed by atoms with Crippen LogP contribution in [0.25, 0.3) is 22.5 Å². The summed E-state index contributed by atoms with van der Waals surface area (Å²) >= 11 is 0. The fourth-order valence-corrected chi connectivity index (χ4v) is 5.30. The predicted molar refractivity (Wildman–Crippen MR) is 172 cm³/mol. The van der Waals surface area contributed by atoms with Crippen molar-refractivity contribution in [1.29, 1.82) is 0 Å². The Morgan fingerprint density at radius 1 is 0.943 bits per heavy atom. The number of hydrogen-bond acceptors (Lipinski definition) is 12. The van der Waals surface area contributed by atoms with E-state index in [9.17, 15) is 31.5 Å². The van der Waals surface area contributed by atoms with Crippen LogP contribution < -0.4 is 0 Å². The van der Waals surface area contributed by atoms with E-state index in [0.717, 1.165) is 9.36 Å². The van der Waals surface area contributed by atoms with Gasteiger partial charge in [0.2, 0.25) is 12.1 Å². The Morgan fingerprint density at radius 3 is 2.21 bits per heavy atom. The summed E-state index contributed by atoms with van der Waals surface area (Å²) in [6, 6.07) is 20.4. The summed E-state index contributed by atoms with van der Waals surface area (Å²) in [6.07, 6.45) is -7.59. The van der Waals surface area contributed by atoms with E-state index in [0.29, 0.717) is 39.8 Å². The van der Waals surface area contributed by atoms with Crippen LogP contribution >= 0.6 is 0 Å². The topological polar surface area (TPSA) is 167 Å². The highest BCUT2D eigenvalue weighted by Gasteiger charge is 2.61. The zero-order valence-electron chi connectivity index (χ0n) is 28.1. The van der Waals surface area contributed by atoms with Gasteiger partial charge in [0.05, 0.1) is 12.0 Å². The largest absolute Gasteiger partial charge is 0.510 e. The van der Waals surface area contributed by atoms with E-state index in [1.165, 1.54) is 6.92 Å². The van der Waals surface area contributed by atoms with Crippen molar-refractivity contribution in [2.24, 2.45) is 0 Å². The monoisotopic (exact) mass is 745 g/mol. The summed E-state index contributed by atoms with van der Waals surface area (Å²) in [5.74, 6) is -5.21. The van der Waals surface area contributed by atoms with Gasteiger partial charge in [0.1, 0.15) is 23.8 Å². The highest BCUT2D eigenvalue weighted by atomic mass is 19.4. The summed E-state index contributed by atoms with van der Waals surface area (Å²) in [4.78, 5) is 33.5. The number of aromatic nitrogens is 6. The first-order valence-corrected chi connectivity index (χ1v) is 15.9. The summed E-state index contributed by atoms with van der Waals surface area (Å²) in [6.45, 7) is 2.60. The van der Waals surface area contributed by atoms with Crippen molar-refractivity contribution < 1.29 is 56.3 Å². The molecule has 1 unspecified atom stereocenters. The second-order valence-electron chi connectivity index (χ2n) is 11.5. The van der Waals surface area contributed by atoms with Gasteiger partial charge >= 0.3 is 18.3 Å². The Bertz CT molecular complexity index is 2030. The molecule has 14 nitrogen and oxygen atoms in total. The number of hydrogen-bond donors (Lipinski definition) is 2. The van der Waals surface area contributed by atoms with Crippen molar-refractivity contribution in [1.82, 2.24) is 35.1 Å². The molecule has 2 heterocycles. The number of aldehydes is 1. The van der Waals surface area contributed by atoms with Gasteiger partial charge in [0, 0.05) is 18.5 Å². The van der Waals surface area contributed by atoms with Crippen molar-refractivity contribution in [3.63, 3.8) is 0 Å². The molecule has 0 saturated carbocycles. The van der Waals surface area contributed by atoms with Gasteiger partial charge in [-0.05, 0) is 46.4 Å². The van der Waals surface area contributed by atoms with Crippen molar-refractivity contribution in [3.05, 3.63) is 107 Å². The van der Waals surface area contributed by atoms with Crippen LogP contribution in [-0.4, -0.2) is 64.2 Å². The Balaban J connectivity index is 1.29. The van der Waals surface area contributed by atoms with E-state index in [1.807, 2.05) is 0 Å². The van der Waals surface area contributed by atoms with Gasteiger partial charge < -0.3 is 14.0 Å². The van der Waals surface area contributed by atoms with Gasteiger partial charge in [-0.1, -0.05) is 79.7 Å². The smallest absolute Gasteiger partial charge is 0.429 e. The molecule has 280 valence electrons. The lowest BCUT2D eigenvalue weighted by molar-refractivity contribution is -0.497.